The van der Waals surface area contributed by atoms with E-state index in [9.17, 15) is 9.90 Å². The van der Waals surface area contributed by atoms with Gasteiger partial charge in [0, 0.05) is 34.9 Å². The van der Waals surface area contributed by atoms with E-state index >= 15 is 0 Å². The topological polar surface area (TPSA) is 94.7 Å². The van der Waals surface area contributed by atoms with E-state index < -0.39 is 5.97 Å². The maximum Gasteiger partial charge on any atom is 0.335 e. The second kappa shape index (κ2) is 8.60. The Kier molecular flexibility index (Phi) is 5.27. The second-order valence-corrected chi connectivity index (χ2v) is 10.9. The van der Waals surface area contributed by atoms with E-state index in [1.54, 1.807) is 18.2 Å². The summed E-state index contributed by atoms with van der Waals surface area (Å²) in [6, 6.07) is 14.6. The Hall–Kier alpha value is -3.84. The van der Waals surface area contributed by atoms with Gasteiger partial charge < -0.3 is 19.1 Å². The van der Waals surface area contributed by atoms with Gasteiger partial charge in [-0.1, -0.05) is 35.0 Å². The molecule has 1 N–H and O–H groups in total. The van der Waals surface area contributed by atoms with E-state index in [2.05, 4.69) is 5.16 Å². The highest BCUT2D eigenvalue weighted by molar-refractivity contribution is 6.33. The Bertz CT molecular complexity index is 1580. The number of ether oxygens (including phenoxy) is 2. The van der Waals surface area contributed by atoms with Gasteiger partial charge in [0.1, 0.15) is 29.6 Å². The van der Waals surface area contributed by atoms with Gasteiger partial charge in [-0.2, -0.15) is 0 Å². The monoisotopic (exact) mass is 528 g/mol. The van der Waals surface area contributed by atoms with Crippen LogP contribution in [0.4, 0.5) is 0 Å². The van der Waals surface area contributed by atoms with Gasteiger partial charge >= 0.3 is 5.97 Å². The van der Waals surface area contributed by atoms with Crippen molar-refractivity contribution < 1.29 is 23.9 Å². The minimum absolute atomic E-state index is 0.0778. The molecular formula is C30H25ClN2O5. The summed E-state index contributed by atoms with van der Waals surface area (Å²) in [4.78, 5) is 16.4. The summed E-state index contributed by atoms with van der Waals surface area (Å²) < 4.78 is 18.3. The molecule has 192 valence electrons. The number of halogens is 1. The molecule has 0 bridgehead atoms. The van der Waals surface area contributed by atoms with Crippen LogP contribution < -0.4 is 9.47 Å². The molecule has 38 heavy (non-hydrogen) atoms. The van der Waals surface area contributed by atoms with Gasteiger partial charge in [-0.15, -0.1) is 0 Å². The molecule has 2 aliphatic carbocycles. The van der Waals surface area contributed by atoms with Crippen LogP contribution in [0.2, 0.25) is 5.02 Å². The summed E-state index contributed by atoms with van der Waals surface area (Å²) in [5.74, 6) is 1.95. The largest absolute Gasteiger partial charge is 0.478 e. The molecule has 0 amide bonds. The number of carbonyl (C=O) groups is 1. The van der Waals surface area contributed by atoms with Crippen molar-refractivity contribution in [2.75, 3.05) is 0 Å². The van der Waals surface area contributed by atoms with E-state index in [0.29, 0.717) is 34.7 Å². The van der Waals surface area contributed by atoms with Crippen molar-refractivity contribution in [3.63, 3.8) is 0 Å². The molecule has 0 atom stereocenters. The van der Waals surface area contributed by atoms with Gasteiger partial charge in [0.25, 0.3) is 0 Å². The molecule has 2 aromatic heterocycles. The van der Waals surface area contributed by atoms with Crippen molar-refractivity contribution in [1.82, 2.24) is 10.1 Å². The van der Waals surface area contributed by atoms with Gasteiger partial charge in [-0.3, -0.25) is 0 Å². The molecule has 1 spiro atoms. The highest BCUT2D eigenvalue weighted by Gasteiger charge is 2.48. The van der Waals surface area contributed by atoms with Crippen molar-refractivity contribution in [1.29, 1.82) is 0 Å². The number of aryl methyl sites for hydroxylation is 1. The molecule has 2 aromatic carbocycles. The van der Waals surface area contributed by atoms with Crippen molar-refractivity contribution in [2.24, 2.45) is 0 Å². The van der Waals surface area contributed by atoms with E-state index in [1.807, 2.05) is 37.3 Å². The van der Waals surface area contributed by atoms with Gasteiger partial charge in [-0.25, -0.2) is 9.78 Å². The Morgan fingerprint density at radius 2 is 2.00 bits per heavy atom. The van der Waals surface area contributed by atoms with Crippen molar-refractivity contribution in [2.45, 2.75) is 57.0 Å². The van der Waals surface area contributed by atoms with Gasteiger partial charge in [0.05, 0.1) is 21.8 Å². The zero-order valence-electron chi connectivity index (χ0n) is 20.8. The first kappa shape index (κ1) is 23.3. The average molecular weight is 529 g/mol. The summed E-state index contributed by atoms with van der Waals surface area (Å²) in [5, 5.41) is 14.5. The zero-order chi connectivity index (χ0) is 26.0. The highest BCUT2D eigenvalue weighted by Crippen LogP contribution is 2.56. The van der Waals surface area contributed by atoms with Crippen LogP contribution in [0.5, 0.6) is 17.4 Å². The molecule has 0 radical (unpaired) electrons. The summed E-state index contributed by atoms with van der Waals surface area (Å²) in [6.07, 6.45) is 4.87. The normalized spacial score (nSPS) is 16.8. The second-order valence-electron chi connectivity index (χ2n) is 10.5. The van der Waals surface area contributed by atoms with Gasteiger partial charge in [-0.05, 0) is 62.4 Å². The highest BCUT2D eigenvalue weighted by atomic mass is 35.5. The summed E-state index contributed by atoms with van der Waals surface area (Å²) >= 11 is 6.57. The quantitative estimate of drug-likeness (QED) is 0.282. The lowest BCUT2D eigenvalue weighted by Crippen LogP contribution is -2.11. The predicted molar refractivity (Wildman–Crippen MR) is 140 cm³/mol. The third-order valence-corrected chi connectivity index (χ3v) is 8.19. The molecule has 1 aliphatic heterocycles. The van der Waals surface area contributed by atoms with Crippen molar-refractivity contribution in [3.05, 3.63) is 87.3 Å². The molecule has 8 heteroatoms. The number of aromatic carboxylic acids is 1. The predicted octanol–water partition coefficient (Wildman–Crippen LogP) is 7.23. The number of carboxylic acid groups (broad SMARTS) is 1. The molecule has 0 unspecified atom stereocenters. The van der Waals surface area contributed by atoms with Gasteiger partial charge in [0.2, 0.25) is 5.88 Å². The fourth-order valence-electron chi connectivity index (χ4n) is 5.48. The Morgan fingerprint density at radius 1 is 1.16 bits per heavy atom. The number of nitrogens with zero attached hydrogens (tertiary/aromatic N) is 2. The minimum atomic E-state index is -0.974. The lowest BCUT2D eigenvalue weighted by atomic mass is 9.90. The minimum Gasteiger partial charge on any atom is -0.478 e. The maximum atomic E-state index is 11.5. The smallest absolute Gasteiger partial charge is 0.335 e. The van der Waals surface area contributed by atoms with Crippen molar-refractivity contribution >= 4 is 17.6 Å². The van der Waals surface area contributed by atoms with Crippen LogP contribution in [0, 0.1) is 6.92 Å². The molecular weight excluding hydrogens is 504 g/mol. The lowest BCUT2D eigenvalue weighted by Gasteiger charge is -2.14. The van der Waals surface area contributed by atoms with Crippen LogP contribution in [-0.2, 0) is 18.4 Å². The first-order chi connectivity index (χ1) is 18.4. The summed E-state index contributed by atoms with van der Waals surface area (Å²) in [5.41, 5.74) is 5.49. The zero-order valence-corrected chi connectivity index (χ0v) is 21.5. The number of hydrogen-bond acceptors (Lipinski definition) is 6. The van der Waals surface area contributed by atoms with Crippen LogP contribution in [0.1, 0.15) is 70.1 Å². The summed E-state index contributed by atoms with van der Waals surface area (Å²) in [6.45, 7) is 2.27. The standard InChI is InChI=1S/C30H25ClN2O5/c1-16-3-2-4-21(31)26(16)27-19(28(38-33-27)17-5-6-17)15-36-25-10-9-23-22(32-25)14-30(11-12-30)20-8-7-18(29(34)35)13-24(20)37-23/h2-4,7-10,13,17H,5-6,11-12,14-15H2,1H3,(H,34,35). The molecule has 7 rings (SSSR count). The number of rotatable bonds is 6. The number of aromatic nitrogens is 2. The Morgan fingerprint density at radius 3 is 2.74 bits per heavy atom. The average Bonchev–Trinajstić information content (AvgIpc) is 3.83. The summed E-state index contributed by atoms with van der Waals surface area (Å²) in [7, 11) is 0. The van der Waals surface area contributed by atoms with Crippen LogP contribution >= 0.6 is 11.6 Å². The molecule has 7 nitrogen and oxygen atoms in total. The van der Waals surface area contributed by atoms with E-state index in [4.69, 9.17) is 30.6 Å². The number of carboxylic acids is 1. The number of benzene rings is 2. The lowest BCUT2D eigenvalue weighted by molar-refractivity contribution is 0.0696. The van der Waals surface area contributed by atoms with Crippen molar-refractivity contribution in [3.8, 4) is 28.6 Å². The Balaban J connectivity index is 1.20. The third kappa shape index (κ3) is 3.93. The van der Waals surface area contributed by atoms with Crippen LogP contribution in [0.3, 0.4) is 0 Å². The van der Waals surface area contributed by atoms with Crippen LogP contribution in [-0.4, -0.2) is 21.2 Å². The molecule has 3 aliphatic rings. The van der Waals surface area contributed by atoms with E-state index in [-0.39, 0.29) is 17.6 Å². The maximum absolute atomic E-state index is 11.5. The fraction of sp³-hybridized carbons (Fsp3) is 0.300. The Labute approximate surface area is 224 Å². The molecule has 4 aromatic rings. The van der Waals surface area contributed by atoms with Crippen LogP contribution in [0.25, 0.3) is 11.3 Å². The molecule has 0 saturated heterocycles. The molecule has 2 saturated carbocycles. The van der Waals surface area contributed by atoms with E-state index in [1.165, 1.54) is 0 Å². The van der Waals surface area contributed by atoms with E-state index in [0.717, 1.165) is 65.1 Å². The molecule has 2 fully saturated rings. The van der Waals surface area contributed by atoms with Crippen LogP contribution in [0.15, 0.2) is 53.1 Å². The SMILES string of the molecule is Cc1cccc(Cl)c1-c1noc(C2CC2)c1COc1ccc2c(n1)CC1(CC1)c1ccc(C(=O)O)cc1O2. The number of hydrogen-bond donors (Lipinski definition) is 1. The first-order valence-electron chi connectivity index (χ1n) is 12.8. The van der Waals surface area contributed by atoms with Gasteiger partial charge in [0.15, 0.2) is 0 Å². The third-order valence-electron chi connectivity index (χ3n) is 7.88. The first-order valence-corrected chi connectivity index (χ1v) is 13.2. The number of pyridine rings is 1. The number of fused-ring (bicyclic) bond motifs is 3. The fourth-order valence-corrected chi connectivity index (χ4v) is 5.79. The molecule has 3 heterocycles.